The fourth-order valence-corrected chi connectivity index (χ4v) is 3.29. The Hall–Kier alpha value is -2.94. The molecule has 27 heavy (non-hydrogen) atoms. The molecule has 2 amide bonds. The fraction of sp³-hybridized carbons (Fsp3) is 0.222. The van der Waals surface area contributed by atoms with Crippen LogP contribution in [0.25, 0.3) is 0 Å². The molecule has 2 N–H and O–H groups in total. The molecule has 144 valence electrons. The lowest BCUT2D eigenvalue weighted by Crippen LogP contribution is -2.33. The Morgan fingerprint density at radius 2 is 1.48 bits per heavy atom. The van der Waals surface area contributed by atoms with Crippen molar-refractivity contribution in [1.29, 1.82) is 0 Å². The number of halogens is 1. The van der Waals surface area contributed by atoms with Crippen molar-refractivity contribution in [3.8, 4) is 0 Å². The Morgan fingerprint density at radius 1 is 0.963 bits per heavy atom. The third-order valence-corrected chi connectivity index (χ3v) is 4.74. The number of carbonyl (C=O) groups is 2. The van der Waals surface area contributed by atoms with Crippen LogP contribution in [0.5, 0.6) is 0 Å². The van der Waals surface area contributed by atoms with E-state index in [1.54, 1.807) is 24.3 Å². The fourth-order valence-electron chi connectivity index (χ4n) is 2.36. The smallest absolute Gasteiger partial charge is 0.232 e. The molecule has 0 aliphatic rings. The van der Waals surface area contributed by atoms with Gasteiger partial charge in [0.2, 0.25) is 21.8 Å². The number of nitrogens with zero attached hydrogens (tertiary/aromatic N) is 1. The lowest BCUT2D eigenvalue weighted by Gasteiger charge is -2.22. The summed E-state index contributed by atoms with van der Waals surface area (Å²) in [5, 5.41) is 5.18. The SMILES string of the molecule is CC(=O)Nc1ccc(N(CCC(=O)Nc2ccc(F)cc2)S(C)(=O)=O)cc1. The Bertz CT molecular complexity index is 913. The van der Waals surface area contributed by atoms with Crippen LogP contribution in [0.15, 0.2) is 48.5 Å². The largest absolute Gasteiger partial charge is 0.326 e. The van der Waals surface area contributed by atoms with Gasteiger partial charge in [-0.25, -0.2) is 12.8 Å². The average molecular weight is 393 g/mol. The van der Waals surface area contributed by atoms with Gasteiger partial charge in [0.1, 0.15) is 5.82 Å². The molecule has 0 bridgehead atoms. The molecule has 9 heteroatoms. The summed E-state index contributed by atoms with van der Waals surface area (Å²) in [6.45, 7) is 1.31. The summed E-state index contributed by atoms with van der Waals surface area (Å²) in [5.74, 6) is -1.05. The van der Waals surface area contributed by atoms with Crippen molar-refractivity contribution < 1.29 is 22.4 Å². The van der Waals surface area contributed by atoms with Gasteiger partial charge >= 0.3 is 0 Å². The summed E-state index contributed by atoms with van der Waals surface area (Å²) in [5.41, 5.74) is 1.34. The van der Waals surface area contributed by atoms with Gasteiger partial charge in [-0.3, -0.25) is 13.9 Å². The number of amides is 2. The van der Waals surface area contributed by atoms with Crippen molar-refractivity contribution >= 4 is 38.9 Å². The molecule has 0 heterocycles. The zero-order chi connectivity index (χ0) is 20.0. The maximum absolute atomic E-state index is 12.9. The van der Waals surface area contributed by atoms with Crippen LogP contribution in [0, 0.1) is 5.82 Å². The normalized spacial score (nSPS) is 10.9. The van der Waals surface area contributed by atoms with E-state index >= 15 is 0 Å². The highest BCUT2D eigenvalue weighted by molar-refractivity contribution is 7.92. The molecule has 0 fully saturated rings. The zero-order valence-electron chi connectivity index (χ0n) is 14.9. The number of benzene rings is 2. The highest BCUT2D eigenvalue weighted by atomic mass is 32.2. The number of rotatable bonds is 7. The number of sulfonamides is 1. The lowest BCUT2D eigenvalue weighted by atomic mass is 10.2. The van der Waals surface area contributed by atoms with E-state index in [1.165, 1.54) is 31.2 Å². The van der Waals surface area contributed by atoms with Crippen LogP contribution in [-0.2, 0) is 19.6 Å². The van der Waals surface area contributed by atoms with Crippen molar-refractivity contribution in [3.05, 3.63) is 54.3 Å². The number of hydrogen-bond donors (Lipinski definition) is 2. The molecule has 2 aromatic rings. The first-order chi connectivity index (χ1) is 12.6. The molecule has 0 aromatic heterocycles. The first-order valence-corrected chi connectivity index (χ1v) is 9.91. The topological polar surface area (TPSA) is 95.6 Å². The Kier molecular flexibility index (Phi) is 6.51. The highest BCUT2D eigenvalue weighted by Crippen LogP contribution is 2.21. The van der Waals surface area contributed by atoms with E-state index in [2.05, 4.69) is 10.6 Å². The number of anilines is 3. The van der Waals surface area contributed by atoms with E-state index in [1.807, 2.05) is 0 Å². The first kappa shape index (κ1) is 20.4. The van der Waals surface area contributed by atoms with Gasteiger partial charge in [-0.05, 0) is 48.5 Å². The van der Waals surface area contributed by atoms with E-state index in [4.69, 9.17) is 0 Å². The molecule has 0 saturated carbocycles. The molecule has 0 unspecified atom stereocenters. The maximum atomic E-state index is 12.9. The van der Waals surface area contributed by atoms with Gasteiger partial charge in [-0.15, -0.1) is 0 Å². The minimum absolute atomic E-state index is 0.0641. The number of nitrogens with one attached hydrogen (secondary N) is 2. The third kappa shape index (κ3) is 6.37. The quantitative estimate of drug-likeness (QED) is 0.756. The second kappa shape index (κ2) is 8.63. The van der Waals surface area contributed by atoms with E-state index in [9.17, 15) is 22.4 Å². The molecular formula is C18H20FN3O4S. The van der Waals surface area contributed by atoms with Crippen LogP contribution in [0.2, 0.25) is 0 Å². The zero-order valence-corrected chi connectivity index (χ0v) is 15.7. The van der Waals surface area contributed by atoms with Crippen LogP contribution in [0.1, 0.15) is 13.3 Å². The summed E-state index contributed by atoms with van der Waals surface area (Å²) >= 11 is 0. The Labute approximate surface area is 157 Å². The summed E-state index contributed by atoms with van der Waals surface area (Å²) in [6.07, 6.45) is 0.963. The predicted molar refractivity (Wildman–Crippen MR) is 103 cm³/mol. The van der Waals surface area contributed by atoms with Crippen LogP contribution in [-0.4, -0.2) is 33.0 Å². The van der Waals surface area contributed by atoms with Crippen molar-refractivity contribution in [3.63, 3.8) is 0 Å². The number of carbonyl (C=O) groups excluding carboxylic acids is 2. The van der Waals surface area contributed by atoms with Gasteiger partial charge in [-0.2, -0.15) is 0 Å². The molecule has 7 nitrogen and oxygen atoms in total. The van der Waals surface area contributed by atoms with Crippen LogP contribution in [0.4, 0.5) is 21.5 Å². The second-order valence-corrected chi connectivity index (χ2v) is 7.78. The number of hydrogen-bond acceptors (Lipinski definition) is 4. The molecule has 0 radical (unpaired) electrons. The van der Waals surface area contributed by atoms with E-state index in [-0.39, 0.29) is 18.9 Å². The molecule has 0 aliphatic heterocycles. The summed E-state index contributed by atoms with van der Waals surface area (Å²) in [6, 6.07) is 11.5. The van der Waals surface area contributed by atoms with Crippen LogP contribution >= 0.6 is 0 Å². The molecule has 0 atom stereocenters. The monoisotopic (exact) mass is 393 g/mol. The van der Waals surface area contributed by atoms with Gasteiger partial charge in [-0.1, -0.05) is 0 Å². The first-order valence-electron chi connectivity index (χ1n) is 8.06. The van der Waals surface area contributed by atoms with Gasteiger partial charge in [0, 0.05) is 31.3 Å². The second-order valence-electron chi connectivity index (χ2n) is 5.87. The summed E-state index contributed by atoms with van der Waals surface area (Å²) in [7, 11) is -3.61. The lowest BCUT2D eigenvalue weighted by molar-refractivity contribution is -0.116. The van der Waals surface area contributed by atoms with Crippen molar-refractivity contribution in [1.82, 2.24) is 0 Å². The molecule has 0 saturated heterocycles. The van der Waals surface area contributed by atoms with E-state index in [0.717, 1.165) is 10.6 Å². The average Bonchev–Trinajstić information content (AvgIpc) is 2.57. The van der Waals surface area contributed by atoms with Gasteiger partial charge in [0.15, 0.2) is 0 Å². The van der Waals surface area contributed by atoms with Crippen LogP contribution in [0.3, 0.4) is 0 Å². The maximum Gasteiger partial charge on any atom is 0.232 e. The van der Waals surface area contributed by atoms with Crippen molar-refractivity contribution in [2.24, 2.45) is 0 Å². The Morgan fingerprint density at radius 3 is 2.00 bits per heavy atom. The minimum Gasteiger partial charge on any atom is -0.326 e. The third-order valence-electron chi connectivity index (χ3n) is 3.55. The predicted octanol–water partition coefficient (Wildman–Crippen LogP) is 2.58. The summed E-state index contributed by atoms with van der Waals surface area (Å²) < 4.78 is 38.2. The molecule has 2 rings (SSSR count). The van der Waals surface area contributed by atoms with Crippen molar-refractivity contribution in [2.45, 2.75) is 13.3 Å². The Balaban J connectivity index is 2.05. The van der Waals surface area contributed by atoms with Gasteiger partial charge < -0.3 is 10.6 Å². The molecular weight excluding hydrogens is 373 g/mol. The molecule has 0 aliphatic carbocycles. The van der Waals surface area contributed by atoms with Gasteiger partial charge in [0.25, 0.3) is 0 Å². The van der Waals surface area contributed by atoms with Gasteiger partial charge in [0.05, 0.1) is 11.9 Å². The molecule has 0 spiro atoms. The molecule has 2 aromatic carbocycles. The van der Waals surface area contributed by atoms with Crippen LogP contribution < -0.4 is 14.9 Å². The highest BCUT2D eigenvalue weighted by Gasteiger charge is 2.18. The van der Waals surface area contributed by atoms with Crippen molar-refractivity contribution in [2.75, 3.05) is 27.7 Å². The standard InChI is InChI=1S/C18H20FN3O4S/c1-13(23)20-15-7-9-17(10-8-15)22(27(2,25)26)12-11-18(24)21-16-5-3-14(19)4-6-16/h3-10H,11-12H2,1-2H3,(H,20,23)(H,21,24). The van der Waals surface area contributed by atoms with E-state index < -0.39 is 21.7 Å². The van der Waals surface area contributed by atoms with E-state index in [0.29, 0.717) is 17.1 Å². The summed E-state index contributed by atoms with van der Waals surface area (Å²) in [4.78, 5) is 23.1. The minimum atomic E-state index is -3.61.